The summed E-state index contributed by atoms with van der Waals surface area (Å²) < 4.78 is 17.0. The first-order valence-corrected chi connectivity index (χ1v) is 14.3. The lowest BCUT2D eigenvalue weighted by molar-refractivity contribution is -0.116. The number of methoxy groups -OCH3 is 3. The van der Waals surface area contributed by atoms with Gasteiger partial charge in [0.1, 0.15) is 0 Å². The highest BCUT2D eigenvalue weighted by atomic mass is 16.5. The quantitative estimate of drug-likeness (QED) is 0.262. The second-order valence-electron chi connectivity index (χ2n) is 10.9. The van der Waals surface area contributed by atoms with E-state index in [0.717, 1.165) is 16.9 Å². The Bertz CT molecular complexity index is 1690. The fraction of sp³-hybridized carbons (Fsp3) is 0.222. The van der Waals surface area contributed by atoms with Gasteiger partial charge in [-0.05, 0) is 66.8 Å². The monoisotopic (exact) mass is 574 g/mol. The molecule has 0 saturated heterocycles. The maximum Gasteiger partial charge on any atom is 0.259 e. The minimum absolute atomic E-state index is 0.00322. The van der Waals surface area contributed by atoms with Gasteiger partial charge in [0.2, 0.25) is 5.75 Å². The number of para-hydroxylation sites is 2. The zero-order chi connectivity index (χ0) is 30.1. The van der Waals surface area contributed by atoms with Gasteiger partial charge in [0.25, 0.3) is 5.91 Å². The number of nitrogens with zero attached hydrogens (tertiary/aromatic N) is 1. The highest BCUT2D eigenvalue weighted by Gasteiger charge is 2.42. The fourth-order valence-corrected chi connectivity index (χ4v) is 6.18. The first-order valence-electron chi connectivity index (χ1n) is 14.3. The van der Waals surface area contributed by atoms with Crippen molar-refractivity contribution in [2.24, 2.45) is 0 Å². The lowest BCUT2D eigenvalue weighted by Gasteiger charge is -2.35. The SMILES string of the molecule is COc1cc([C@H]2C3=C(C[C@H](c4ccc(C)cc4)CC3=O)Nc3ccccc3N2C(=O)c2ccccc2)cc(OC)c1OC. The Morgan fingerprint density at radius 1 is 0.791 bits per heavy atom. The van der Waals surface area contributed by atoms with Gasteiger partial charge in [-0.15, -0.1) is 0 Å². The first kappa shape index (κ1) is 28.1. The smallest absolute Gasteiger partial charge is 0.259 e. The standard InChI is InChI=1S/C36H34N2O5/c1-22-14-16-23(17-15-22)25-18-28-33(30(39)19-25)34(26-20-31(41-2)35(43-4)32(21-26)42-3)38(29-13-9-8-12-27(29)37-28)36(40)24-10-6-5-7-11-24/h5-17,20-21,25,34,37H,18-19H2,1-4H3/t25-,34-/m0/s1. The maximum atomic E-state index is 14.5. The van der Waals surface area contributed by atoms with Crippen LogP contribution in [0.25, 0.3) is 0 Å². The molecule has 0 bridgehead atoms. The minimum Gasteiger partial charge on any atom is -0.493 e. The molecular weight excluding hydrogens is 540 g/mol. The number of carbonyl (C=O) groups is 2. The topological polar surface area (TPSA) is 77.1 Å². The van der Waals surface area contributed by atoms with Crippen molar-refractivity contribution in [3.63, 3.8) is 0 Å². The predicted molar refractivity (Wildman–Crippen MR) is 167 cm³/mol. The Morgan fingerprint density at radius 2 is 1.44 bits per heavy atom. The van der Waals surface area contributed by atoms with Crippen molar-refractivity contribution in [1.82, 2.24) is 0 Å². The van der Waals surface area contributed by atoms with Crippen molar-refractivity contribution < 1.29 is 23.8 Å². The molecule has 1 N–H and O–H groups in total. The van der Waals surface area contributed by atoms with E-state index in [1.807, 2.05) is 54.6 Å². The van der Waals surface area contributed by atoms with Crippen LogP contribution in [0.4, 0.5) is 11.4 Å². The van der Waals surface area contributed by atoms with E-state index in [1.165, 1.54) is 5.56 Å². The second-order valence-corrected chi connectivity index (χ2v) is 10.9. The molecule has 6 rings (SSSR count). The van der Waals surface area contributed by atoms with Crippen LogP contribution in [0.2, 0.25) is 0 Å². The average Bonchev–Trinajstić information content (AvgIpc) is 3.19. The summed E-state index contributed by atoms with van der Waals surface area (Å²) in [6, 6.07) is 28.1. The van der Waals surface area contributed by atoms with Crippen molar-refractivity contribution in [3.8, 4) is 17.2 Å². The third kappa shape index (κ3) is 5.12. The Balaban J connectivity index is 1.61. The molecule has 2 atom stereocenters. The van der Waals surface area contributed by atoms with E-state index >= 15 is 0 Å². The molecule has 7 nitrogen and oxygen atoms in total. The van der Waals surface area contributed by atoms with Crippen molar-refractivity contribution in [3.05, 3.63) is 125 Å². The van der Waals surface area contributed by atoms with E-state index in [4.69, 9.17) is 14.2 Å². The highest BCUT2D eigenvalue weighted by molar-refractivity contribution is 6.12. The molecule has 7 heteroatoms. The van der Waals surface area contributed by atoms with E-state index in [-0.39, 0.29) is 17.6 Å². The van der Waals surface area contributed by atoms with Crippen molar-refractivity contribution in [1.29, 1.82) is 0 Å². The van der Waals surface area contributed by atoms with E-state index in [0.29, 0.717) is 52.5 Å². The number of hydrogen-bond donors (Lipinski definition) is 1. The van der Waals surface area contributed by atoms with Crippen molar-refractivity contribution >= 4 is 23.1 Å². The van der Waals surface area contributed by atoms with Crippen LogP contribution in [-0.2, 0) is 4.79 Å². The number of anilines is 2. The number of rotatable bonds is 6. The van der Waals surface area contributed by atoms with Crippen LogP contribution >= 0.6 is 0 Å². The molecule has 0 radical (unpaired) electrons. The molecule has 0 fully saturated rings. The Hall–Kier alpha value is -5.04. The summed E-state index contributed by atoms with van der Waals surface area (Å²) in [5, 5.41) is 3.60. The van der Waals surface area contributed by atoms with Crippen LogP contribution < -0.4 is 24.4 Å². The van der Waals surface area contributed by atoms with Gasteiger partial charge in [-0.2, -0.15) is 0 Å². The summed E-state index contributed by atoms with van der Waals surface area (Å²) in [6.07, 6.45) is 0.945. The first-order chi connectivity index (χ1) is 20.9. The Labute approximate surface area is 251 Å². The van der Waals surface area contributed by atoms with Gasteiger partial charge in [-0.1, -0.05) is 60.2 Å². The van der Waals surface area contributed by atoms with Crippen LogP contribution in [0.1, 0.15) is 51.8 Å². The van der Waals surface area contributed by atoms with Crippen molar-refractivity contribution in [2.45, 2.75) is 31.7 Å². The van der Waals surface area contributed by atoms with E-state index in [9.17, 15) is 9.59 Å². The fourth-order valence-electron chi connectivity index (χ4n) is 6.18. The second kappa shape index (κ2) is 11.7. The number of benzene rings is 4. The number of allylic oxidation sites excluding steroid dienone is 1. The molecule has 0 unspecified atom stereocenters. The van der Waals surface area contributed by atoms with E-state index in [2.05, 4.69) is 36.5 Å². The van der Waals surface area contributed by atoms with Crippen LogP contribution in [0.5, 0.6) is 17.2 Å². The highest BCUT2D eigenvalue weighted by Crippen LogP contribution is 2.50. The lowest BCUT2D eigenvalue weighted by atomic mass is 9.78. The van der Waals surface area contributed by atoms with Gasteiger partial charge in [0.05, 0.1) is 38.7 Å². The summed E-state index contributed by atoms with van der Waals surface area (Å²) in [5.74, 6) is 1.08. The zero-order valence-electron chi connectivity index (χ0n) is 24.7. The number of nitrogens with one attached hydrogen (secondary N) is 1. The largest absolute Gasteiger partial charge is 0.493 e. The third-order valence-electron chi connectivity index (χ3n) is 8.28. The third-order valence-corrected chi connectivity index (χ3v) is 8.28. The molecule has 4 aromatic rings. The van der Waals surface area contributed by atoms with E-state index in [1.54, 1.807) is 38.4 Å². The average molecular weight is 575 g/mol. The summed E-state index contributed by atoms with van der Waals surface area (Å²) >= 11 is 0. The van der Waals surface area contributed by atoms with Gasteiger partial charge in [0, 0.05) is 23.3 Å². The molecule has 2 aliphatic rings. The Morgan fingerprint density at radius 3 is 2.09 bits per heavy atom. The maximum absolute atomic E-state index is 14.5. The molecule has 0 saturated carbocycles. The van der Waals surface area contributed by atoms with Crippen LogP contribution in [0.15, 0.2) is 102 Å². The molecule has 1 aliphatic carbocycles. The van der Waals surface area contributed by atoms with Gasteiger partial charge in [-0.25, -0.2) is 0 Å². The van der Waals surface area contributed by atoms with Crippen LogP contribution in [0.3, 0.4) is 0 Å². The number of carbonyl (C=O) groups excluding carboxylic acids is 2. The molecule has 0 aromatic heterocycles. The van der Waals surface area contributed by atoms with Gasteiger partial charge in [-0.3, -0.25) is 14.5 Å². The number of ether oxygens (including phenoxy) is 3. The molecule has 0 spiro atoms. The molecule has 43 heavy (non-hydrogen) atoms. The predicted octanol–water partition coefficient (Wildman–Crippen LogP) is 7.24. The molecule has 1 aliphatic heterocycles. The van der Waals surface area contributed by atoms with Crippen LogP contribution in [0, 0.1) is 6.92 Å². The normalized spacial score (nSPS) is 17.8. The summed E-state index contributed by atoms with van der Waals surface area (Å²) in [6.45, 7) is 2.06. The minimum atomic E-state index is -0.765. The number of ketones is 1. The number of Topliss-reactive ketones (excluding diaryl/α,β-unsaturated/α-hetero) is 1. The summed E-state index contributed by atoms with van der Waals surface area (Å²) in [5.41, 5.74) is 6.26. The Kier molecular flexibility index (Phi) is 7.63. The summed E-state index contributed by atoms with van der Waals surface area (Å²) in [4.78, 5) is 30.6. The molecular formula is C36H34N2O5. The van der Waals surface area contributed by atoms with Crippen molar-refractivity contribution in [2.75, 3.05) is 31.5 Å². The molecule has 1 amide bonds. The molecule has 4 aromatic carbocycles. The van der Waals surface area contributed by atoms with Gasteiger partial charge < -0.3 is 19.5 Å². The number of aryl methyl sites for hydroxylation is 1. The molecule has 218 valence electrons. The van der Waals surface area contributed by atoms with E-state index < -0.39 is 6.04 Å². The number of hydrogen-bond acceptors (Lipinski definition) is 6. The van der Waals surface area contributed by atoms with Crippen LogP contribution in [-0.4, -0.2) is 33.0 Å². The number of amides is 1. The molecule has 1 heterocycles. The number of fused-ring (bicyclic) bond motifs is 1. The van der Waals surface area contributed by atoms with Gasteiger partial charge in [0.15, 0.2) is 17.3 Å². The summed E-state index contributed by atoms with van der Waals surface area (Å²) in [7, 11) is 4.66. The lowest BCUT2D eigenvalue weighted by Crippen LogP contribution is -2.38. The zero-order valence-corrected chi connectivity index (χ0v) is 24.7. The van der Waals surface area contributed by atoms with Gasteiger partial charge >= 0.3 is 0 Å².